The fraction of sp³-hybridized carbons (Fsp3) is 0.174. The summed E-state index contributed by atoms with van der Waals surface area (Å²) in [4.78, 5) is 40.7. The van der Waals surface area contributed by atoms with Gasteiger partial charge in [-0.05, 0) is 47.7 Å². The molecule has 0 saturated carbocycles. The van der Waals surface area contributed by atoms with Crippen molar-refractivity contribution < 1.29 is 23.2 Å². The van der Waals surface area contributed by atoms with Crippen LogP contribution in [0.5, 0.6) is 0 Å². The van der Waals surface area contributed by atoms with Crippen molar-refractivity contribution in [1.82, 2.24) is 10.2 Å². The lowest BCUT2D eigenvalue weighted by Gasteiger charge is -2.24. The van der Waals surface area contributed by atoms with Crippen molar-refractivity contribution in [3.63, 3.8) is 0 Å². The lowest BCUT2D eigenvalue weighted by atomic mass is 10.0. The number of hydrogen-bond acceptors (Lipinski definition) is 4. The van der Waals surface area contributed by atoms with E-state index < -0.39 is 29.6 Å². The number of benzene rings is 2. The van der Waals surface area contributed by atoms with Crippen molar-refractivity contribution in [1.29, 1.82) is 0 Å². The molecule has 6 nitrogen and oxygen atoms in total. The first-order valence-corrected chi connectivity index (χ1v) is 10.9. The SMILES string of the molecule is O=C(N[C@H]1CCN2C(=O)c3cc(-c4ccc(F)cc4F)ccc3NC(=O)[C@H]12)c1cccs1. The normalized spacial score (nSPS) is 19.8. The van der Waals surface area contributed by atoms with E-state index >= 15 is 0 Å². The van der Waals surface area contributed by atoms with Crippen molar-refractivity contribution in [3.05, 3.63) is 76.0 Å². The number of fused-ring (bicyclic) bond motifs is 2. The number of amides is 3. The standard InChI is InChI=1S/C23H17F2N3O3S/c24-13-4-5-14(16(25)11-13)12-3-6-17-15(10-12)23(31)28-8-7-18(20(28)22(30)26-17)27-21(29)19-2-1-9-32-19/h1-6,9-11,18,20H,7-8H2,(H,26,30)(H,27,29)/t18-,20-/m0/s1. The Balaban J connectivity index is 1.45. The van der Waals surface area contributed by atoms with Gasteiger partial charge in [-0.25, -0.2) is 8.78 Å². The highest BCUT2D eigenvalue weighted by Crippen LogP contribution is 2.33. The number of anilines is 1. The highest BCUT2D eigenvalue weighted by Gasteiger charge is 2.45. The topological polar surface area (TPSA) is 78.5 Å². The Hall–Kier alpha value is -3.59. The van der Waals surface area contributed by atoms with Gasteiger partial charge in [0, 0.05) is 18.2 Å². The molecule has 5 rings (SSSR count). The van der Waals surface area contributed by atoms with Gasteiger partial charge in [0.05, 0.1) is 22.2 Å². The Labute approximate surface area is 185 Å². The van der Waals surface area contributed by atoms with Crippen LogP contribution in [0, 0.1) is 11.6 Å². The van der Waals surface area contributed by atoms with Crippen LogP contribution in [0.25, 0.3) is 11.1 Å². The molecule has 2 aliphatic heterocycles. The molecule has 0 bridgehead atoms. The molecule has 32 heavy (non-hydrogen) atoms. The number of nitrogens with zero attached hydrogens (tertiary/aromatic N) is 1. The number of halogens is 2. The smallest absolute Gasteiger partial charge is 0.261 e. The molecule has 0 unspecified atom stereocenters. The van der Waals surface area contributed by atoms with Crippen LogP contribution in [0.15, 0.2) is 53.9 Å². The van der Waals surface area contributed by atoms with Crippen LogP contribution in [0.1, 0.15) is 26.5 Å². The van der Waals surface area contributed by atoms with E-state index in [0.717, 1.165) is 12.1 Å². The summed E-state index contributed by atoms with van der Waals surface area (Å²) in [6, 6.07) is 9.89. The van der Waals surface area contributed by atoms with E-state index in [-0.39, 0.29) is 22.9 Å². The zero-order valence-corrected chi connectivity index (χ0v) is 17.4. The first kappa shape index (κ1) is 20.3. The second kappa shape index (κ2) is 7.83. The van der Waals surface area contributed by atoms with E-state index in [0.29, 0.717) is 29.1 Å². The fourth-order valence-electron chi connectivity index (χ4n) is 4.23. The van der Waals surface area contributed by atoms with Crippen LogP contribution in [0.3, 0.4) is 0 Å². The molecule has 2 aromatic carbocycles. The van der Waals surface area contributed by atoms with Gasteiger partial charge in [0.1, 0.15) is 17.7 Å². The average molecular weight is 453 g/mol. The molecular formula is C23H17F2N3O3S. The quantitative estimate of drug-likeness (QED) is 0.636. The van der Waals surface area contributed by atoms with Gasteiger partial charge in [0.2, 0.25) is 5.91 Å². The molecule has 9 heteroatoms. The van der Waals surface area contributed by atoms with Crippen LogP contribution < -0.4 is 10.6 Å². The molecule has 0 radical (unpaired) electrons. The summed E-state index contributed by atoms with van der Waals surface area (Å²) in [6.45, 7) is 0.293. The van der Waals surface area contributed by atoms with Crippen LogP contribution in [0.2, 0.25) is 0 Å². The minimum Gasteiger partial charge on any atom is -0.346 e. The lowest BCUT2D eigenvalue weighted by molar-refractivity contribution is -0.120. The second-order valence-corrected chi connectivity index (χ2v) is 8.61. The summed E-state index contributed by atoms with van der Waals surface area (Å²) in [7, 11) is 0. The predicted molar refractivity (Wildman–Crippen MR) is 115 cm³/mol. The third kappa shape index (κ3) is 3.44. The zero-order valence-electron chi connectivity index (χ0n) is 16.6. The van der Waals surface area contributed by atoms with Gasteiger partial charge in [-0.1, -0.05) is 12.1 Å². The molecule has 2 aliphatic rings. The van der Waals surface area contributed by atoms with E-state index in [2.05, 4.69) is 10.6 Å². The maximum Gasteiger partial charge on any atom is 0.261 e. The first-order valence-electron chi connectivity index (χ1n) is 9.98. The number of rotatable bonds is 3. The van der Waals surface area contributed by atoms with Crippen LogP contribution in [0.4, 0.5) is 14.5 Å². The third-order valence-electron chi connectivity index (χ3n) is 5.74. The van der Waals surface area contributed by atoms with Crippen LogP contribution >= 0.6 is 11.3 Å². The maximum absolute atomic E-state index is 14.3. The molecule has 1 saturated heterocycles. The van der Waals surface area contributed by atoms with Gasteiger partial charge in [0.15, 0.2) is 0 Å². The molecule has 0 spiro atoms. The molecule has 3 amide bonds. The Bertz CT molecular complexity index is 1250. The van der Waals surface area contributed by atoms with Crippen LogP contribution in [-0.4, -0.2) is 41.2 Å². The Morgan fingerprint density at radius 2 is 1.94 bits per heavy atom. The summed E-state index contributed by atoms with van der Waals surface area (Å²) in [5.41, 5.74) is 1.07. The van der Waals surface area contributed by atoms with Gasteiger partial charge in [-0.2, -0.15) is 0 Å². The van der Waals surface area contributed by atoms with Crippen molar-refractivity contribution in [2.45, 2.75) is 18.5 Å². The van der Waals surface area contributed by atoms with E-state index in [9.17, 15) is 23.2 Å². The molecule has 2 N–H and O–H groups in total. The van der Waals surface area contributed by atoms with Crippen LogP contribution in [-0.2, 0) is 4.79 Å². The number of carbonyl (C=O) groups is 3. The molecular weight excluding hydrogens is 436 g/mol. The molecule has 3 heterocycles. The largest absolute Gasteiger partial charge is 0.346 e. The number of thiophene rings is 1. The van der Waals surface area contributed by atoms with Gasteiger partial charge < -0.3 is 15.5 Å². The number of hydrogen-bond donors (Lipinski definition) is 2. The monoisotopic (exact) mass is 453 g/mol. The van der Waals surface area contributed by atoms with E-state index in [1.165, 1.54) is 34.4 Å². The molecule has 0 aliphatic carbocycles. The van der Waals surface area contributed by atoms with Crippen molar-refractivity contribution in [3.8, 4) is 11.1 Å². The summed E-state index contributed by atoms with van der Waals surface area (Å²) in [6.07, 6.45) is 0.433. The highest BCUT2D eigenvalue weighted by molar-refractivity contribution is 7.12. The molecule has 162 valence electrons. The number of nitrogens with one attached hydrogen (secondary N) is 2. The lowest BCUT2D eigenvalue weighted by Crippen LogP contribution is -2.51. The predicted octanol–water partition coefficient (Wildman–Crippen LogP) is 3.66. The Morgan fingerprint density at radius 1 is 1.09 bits per heavy atom. The van der Waals surface area contributed by atoms with Crippen molar-refractivity contribution >= 4 is 34.7 Å². The van der Waals surface area contributed by atoms with Gasteiger partial charge in [0.25, 0.3) is 11.8 Å². The number of carbonyl (C=O) groups excluding carboxylic acids is 3. The van der Waals surface area contributed by atoms with Crippen molar-refractivity contribution in [2.24, 2.45) is 0 Å². The van der Waals surface area contributed by atoms with E-state index in [1.807, 2.05) is 0 Å². The summed E-state index contributed by atoms with van der Waals surface area (Å²) in [5, 5.41) is 7.42. The zero-order chi connectivity index (χ0) is 22.4. The fourth-order valence-corrected chi connectivity index (χ4v) is 4.85. The van der Waals surface area contributed by atoms with Gasteiger partial charge in [-0.3, -0.25) is 14.4 Å². The first-order chi connectivity index (χ1) is 15.4. The van der Waals surface area contributed by atoms with E-state index in [1.54, 1.807) is 23.6 Å². The third-order valence-corrected chi connectivity index (χ3v) is 6.61. The highest BCUT2D eigenvalue weighted by atomic mass is 32.1. The summed E-state index contributed by atoms with van der Waals surface area (Å²) < 4.78 is 27.5. The Morgan fingerprint density at radius 3 is 2.69 bits per heavy atom. The summed E-state index contributed by atoms with van der Waals surface area (Å²) >= 11 is 1.29. The van der Waals surface area contributed by atoms with Gasteiger partial charge in [-0.15, -0.1) is 11.3 Å². The average Bonchev–Trinajstić information content (AvgIpc) is 3.42. The Kier molecular flexibility index (Phi) is 4.97. The van der Waals surface area contributed by atoms with Crippen molar-refractivity contribution in [2.75, 3.05) is 11.9 Å². The van der Waals surface area contributed by atoms with Gasteiger partial charge >= 0.3 is 0 Å². The molecule has 1 aromatic heterocycles. The molecule has 2 atom stereocenters. The molecule has 1 fully saturated rings. The minimum atomic E-state index is -0.857. The summed E-state index contributed by atoms with van der Waals surface area (Å²) in [5.74, 6) is -2.51. The maximum atomic E-state index is 14.3. The molecule has 3 aromatic rings. The van der Waals surface area contributed by atoms with E-state index in [4.69, 9.17) is 0 Å². The minimum absolute atomic E-state index is 0.150. The second-order valence-electron chi connectivity index (χ2n) is 7.66.